The summed E-state index contributed by atoms with van der Waals surface area (Å²) in [6.07, 6.45) is 6.86. The van der Waals surface area contributed by atoms with E-state index in [2.05, 4.69) is 23.5 Å². The van der Waals surface area contributed by atoms with Gasteiger partial charge in [-0.05, 0) is 43.6 Å². The van der Waals surface area contributed by atoms with Gasteiger partial charge in [-0.2, -0.15) is 0 Å². The zero-order chi connectivity index (χ0) is 19.2. The zero-order valence-electron chi connectivity index (χ0n) is 16.1. The van der Waals surface area contributed by atoms with Crippen molar-refractivity contribution in [1.82, 2.24) is 10.3 Å². The third-order valence-corrected chi connectivity index (χ3v) is 6.32. The van der Waals surface area contributed by atoms with Crippen molar-refractivity contribution in [3.05, 3.63) is 58.0 Å². The van der Waals surface area contributed by atoms with E-state index in [4.69, 9.17) is 9.72 Å². The van der Waals surface area contributed by atoms with Crippen LogP contribution in [0, 0.1) is 0 Å². The Labute approximate surface area is 169 Å². The van der Waals surface area contributed by atoms with Gasteiger partial charge in [-0.25, -0.2) is 4.98 Å². The van der Waals surface area contributed by atoms with Crippen molar-refractivity contribution in [2.24, 2.45) is 0 Å². The Morgan fingerprint density at radius 3 is 2.89 bits per heavy atom. The molecule has 0 saturated carbocycles. The number of nitrogens with one attached hydrogen (secondary N) is 1. The molecule has 0 aliphatic heterocycles. The molecule has 0 unspecified atom stereocenters. The predicted octanol–water partition coefficient (Wildman–Crippen LogP) is 4.69. The Morgan fingerprint density at radius 2 is 1.96 bits per heavy atom. The van der Waals surface area contributed by atoms with Gasteiger partial charge in [0, 0.05) is 29.6 Å². The summed E-state index contributed by atoms with van der Waals surface area (Å²) in [6.45, 7) is 1.20. The van der Waals surface area contributed by atoms with Crippen LogP contribution in [0.15, 0.2) is 42.5 Å². The molecule has 146 valence electrons. The number of rotatable bonds is 8. The van der Waals surface area contributed by atoms with Crippen LogP contribution in [-0.4, -0.2) is 24.0 Å². The number of ether oxygens (including phenoxy) is 1. The number of aromatic nitrogens is 1. The molecule has 2 aromatic carbocycles. The first kappa shape index (κ1) is 18.9. The highest BCUT2D eigenvalue weighted by atomic mass is 32.1. The maximum atomic E-state index is 12.1. The number of hydrogen-bond donors (Lipinski definition) is 1. The average molecular weight is 395 g/mol. The monoisotopic (exact) mass is 394 g/mol. The minimum Gasteiger partial charge on any atom is -0.493 e. The van der Waals surface area contributed by atoms with Crippen LogP contribution in [0.3, 0.4) is 0 Å². The fourth-order valence-corrected chi connectivity index (χ4v) is 4.80. The lowest BCUT2D eigenvalue weighted by molar-refractivity contribution is -0.121. The molecule has 1 N–H and O–H groups in total. The van der Waals surface area contributed by atoms with Crippen LogP contribution < -0.4 is 10.1 Å². The van der Waals surface area contributed by atoms with Gasteiger partial charge in [0.1, 0.15) is 5.75 Å². The fraction of sp³-hybridized carbons (Fsp3) is 0.391. The highest BCUT2D eigenvalue weighted by molar-refractivity contribution is 7.11. The number of fused-ring (bicyclic) bond motifs is 2. The summed E-state index contributed by atoms with van der Waals surface area (Å²) in [5.41, 5.74) is 1.29. The van der Waals surface area contributed by atoms with Crippen molar-refractivity contribution in [1.29, 1.82) is 0 Å². The van der Waals surface area contributed by atoms with Crippen molar-refractivity contribution >= 4 is 28.0 Å². The number of thiazole rings is 1. The van der Waals surface area contributed by atoms with E-state index in [1.807, 2.05) is 35.6 Å². The van der Waals surface area contributed by atoms with E-state index in [-0.39, 0.29) is 5.91 Å². The minimum atomic E-state index is 0.0860. The maximum Gasteiger partial charge on any atom is 0.220 e. The smallest absolute Gasteiger partial charge is 0.220 e. The summed E-state index contributed by atoms with van der Waals surface area (Å²) in [4.78, 5) is 18.3. The molecule has 0 fully saturated rings. The van der Waals surface area contributed by atoms with Crippen LogP contribution >= 0.6 is 11.3 Å². The lowest BCUT2D eigenvalue weighted by atomic mass is 10.0. The molecule has 4 nitrogen and oxygen atoms in total. The van der Waals surface area contributed by atoms with E-state index in [1.165, 1.54) is 35.2 Å². The molecule has 1 amide bonds. The number of carbonyl (C=O) groups is 1. The van der Waals surface area contributed by atoms with Gasteiger partial charge in [0.25, 0.3) is 0 Å². The molecule has 1 aliphatic rings. The number of amides is 1. The molecule has 0 spiro atoms. The molecule has 0 atom stereocenters. The van der Waals surface area contributed by atoms with E-state index < -0.39 is 0 Å². The SMILES string of the molecule is O=C(CCCOc1cccc2ccccc12)NCCc1nc2c(s1)CCCC2. The predicted molar refractivity (Wildman–Crippen MR) is 114 cm³/mol. The summed E-state index contributed by atoms with van der Waals surface area (Å²) in [6, 6.07) is 14.2. The highest BCUT2D eigenvalue weighted by Gasteiger charge is 2.14. The van der Waals surface area contributed by atoms with Gasteiger partial charge in [-0.3, -0.25) is 4.79 Å². The molecule has 4 rings (SSSR count). The fourth-order valence-electron chi connectivity index (χ4n) is 3.65. The topological polar surface area (TPSA) is 51.2 Å². The lowest BCUT2D eigenvalue weighted by Gasteiger charge is -2.09. The van der Waals surface area contributed by atoms with Gasteiger partial charge in [0.05, 0.1) is 17.3 Å². The van der Waals surface area contributed by atoms with Crippen LogP contribution in [0.1, 0.15) is 41.3 Å². The Balaban J connectivity index is 1.16. The third kappa shape index (κ3) is 4.71. The molecule has 1 heterocycles. The van der Waals surface area contributed by atoms with E-state index >= 15 is 0 Å². The molecule has 1 aromatic heterocycles. The van der Waals surface area contributed by atoms with Gasteiger partial charge >= 0.3 is 0 Å². The number of carbonyl (C=O) groups excluding carboxylic acids is 1. The van der Waals surface area contributed by atoms with Crippen LogP contribution in [0.5, 0.6) is 5.75 Å². The maximum absolute atomic E-state index is 12.1. The van der Waals surface area contributed by atoms with Crippen LogP contribution in [0.2, 0.25) is 0 Å². The van der Waals surface area contributed by atoms with Crippen molar-refractivity contribution in [3.63, 3.8) is 0 Å². The van der Waals surface area contributed by atoms with E-state index in [1.54, 1.807) is 0 Å². The quantitative estimate of drug-likeness (QED) is 0.564. The minimum absolute atomic E-state index is 0.0860. The molecule has 3 aromatic rings. The normalized spacial score (nSPS) is 13.3. The van der Waals surface area contributed by atoms with Crippen molar-refractivity contribution in [2.45, 2.75) is 44.9 Å². The molecular weight excluding hydrogens is 368 g/mol. The summed E-state index contributed by atoms with van der Waals surface area (Å²) in [5.74, 6) is 0.967. The van der Waals surface area contributed by atoms with Crippen molar-refractivity contribution in [2.75, 3.05) is 13.2 Å². The second-order valence-corrected chi connectivity index (χ2v) is 8.38. The van der Waals surface area contributed by atoms with Gasteiger partial charge < -0.3 is 10.1 Å². The first-order valence-corrected chi connectivity index (χ1v) is 11.0. The number of benzene rings is 2. The molecule has 1 aliphatic carbocycles. The summed E-state index contributed by atoms with van der Waals surface area (Å²) >= 11 is 1.82. The summed E-state index contributed by atoms with van der Waals surface area (Å²) < 4.78 is 5.90. The Kier molecular flexibility index (Phi) is 6.22. The van der Waals surface area contributed by atoms with E-state index in [0.717, 1.165) is 29.0 Å². The first-order valence-electron chi connectivity index (χ1n) is 10.1. The Bertz CT molecular complexity index is 922. The molecular formula is C23H26N2O2S. The molecule has 5 heteroatoms. The molecule has 0 bridgehead atoms. The number of hydrogen-bond acceptors (Lipinski definition) is 4. The zero-order valence-corrected chi connectivity index (χ0v) is 16.9. The molecule has 0 saturated heterocycles. The highest BCUT2D eigenvalue weighted by Crippen LogP contribution is 2.27. The van der Waals surface area contributed by atoms with Gasteiger partial charge in [0.2, 0.25) is 5.91 Å². The van der Waals surface area contributed by atoms with Crippen LogP contribution in [-0.2, 0) is 24.1 Å². The van der Waals surface area contributed by atoms with Crippen molar-refractivity contribution in [3.8, 4) is 5.75 Å². The van der Waals surface area contributed by atoms with E-state index in [9.17, 15) is 4.79 Å². The van der Waals surface area contributed by atoms with E-state index in [0.29, 0.717) is 26.0 Å². The molecule has 28 heavy (non-hydrogen) atoms. The largest absolute Gasteiger partial charge is 0.493 e. The lowest BCUT2D eigenvalue weighted by Crippen LogP contribution is -2.25. The second kappa shape index (κ2) is 9.20. The summed E-state index contributed by atoms with van der Waals surface area (Å²) in [5, 5.41) is 6.45. The number of nitrogens with zero attached hydrogens (tertiary/aromatic N) is 1. The second-order valence-electron chi connectivity index (χ2n) is 7.21. The third-order valence-electron chi connectivity index (χ3n) is 5.11. The first-order chi connectivity index (χ1) is 13.8. The summed E-state index contributed by atoms with van der Waals surface area (Å²) in [7, 11) is 0. The van der Waals surface area contributed by atoms with Gasteiger partial charge in [0.15, 0.2) is 0 Å². The Morgan fingerprint density at radius 1 is 1.11 bits per heavy atom. The average Bonchev–Trinajstić information content (AvgIpc) is 3.14. The van der Waals surface area contributed by atoms with Crippen LogP contribution in [0.4, 0.5) is 0 Å². The number of aryl methyl sites for hydroxylation is 2. The van der Waals surface area contributed by atoms with Crippen LogP contribution in [0.25, 0.3) is 10.8 Å². The van der Waals surface area contributed by atoms with Gasteiger partial charge in [-0.1, -0.05) is 36.4 Å². The Hall–Kier alpha value is -2.40. The van der Waals surface area contributed by atoms with Crippen molar-refractivity contribution < 1.29 is 9.53 Å². The molecule has 0 radical (unpaired) electrons. The standard InChI is InChI=1S/C23H26N2O2S/c26-22(24-15-14-23-25-19-10-3-4-12-21(19)28-23)13-6-16-27-20-11-5-8-17-7-1-2-9-18(17)20/h1-2,5,7-9,11H,3-4,6,10,12-16H2,(H,24,26). The van der Waals surface area contributed by atoms with Gasteiger partial charge in [-0.15, -0.1) is 11.3 Å².